The molecule has 4 aromatic carbocycles. The van der Waals surface area contributed by atoms with Crippen LogP contribution in [0, 0.1) is 9.39 Å². The average molecular weight is 652 g/mol. The van der Waals surface area contributed by atoms with Gasteiger partial charge in [-0.3, -0.25) is 14.4 Å². The van der Waals surface area contributed by atoms with Crippen molar-refractivity contribution in [2.45, 2.75) is 4.90 Å². The van der Waals surface area contributed by atoms with Crippen LogP contribution in [0.5, 0.6) is 0 Å². The summed E-state index contributed by atoms with van der Waals surface area (Å²) in [5.41, 5.74) is 2.18. The maximum absolute atomic E-state index is 13.4. The molecule has 0 heterocycles. The summed E-state index contributed by atoms with van der Waals surface area (Å²) >= 11 is 3.57. The lowest BCUT2D eigenvalue weighted by Crippen LogP contribution is -2.30. The van der Waals surface area contributed by atoms with E-state index in [1.807, 2.05) is 24.3 Å². The van der Waals surface area contributed by atoms with E-state index in [9.17, 15) is 18.8 Å². The van der Waals surface area contributed by atoms with Crippen molar-refractivity contribution in [3.63, 3.8) is 0 Å². The lowest BCUT2D eigenvalue weighted by molar-refractivity contribution is -0.114. The van der Waals surface area contributed by atoms with Crippen LogP contribution >= 0.6 is 34.4 Å². The highest BCUT2D eigenvalue weighted by molar-refractivity contribution is 14.1. The standard InChI is InChI=1S/C30H23FIN3O3S/c31-22-8-6-20(7-9-22)18-27(35-29(37)21-4-2-1-3-5-21)30(38)34-25-14-16-26(17-15-25)39-19-28(36)33-24-12-10-23(32)11-13-24/h1-18H,19H2,(H,33,36)(H,34,38)(H,35,37)/b27-18-. The monoisotopic (exact) mass is 651 g/mol. The van der Waals surface area contributed by atoms with E-state index in [0.717, 1.165) is 14.2 Å². The Balaban J connectivity index is 1.39. The maximum atomic E-state index is 13.4. The molecule has 0 aliphatic heterocycles. The lowest BCUT2D eigenvalue weighted by atomic mass is 10.1. The third kappa shape index (κ3) is 8.79. The van der Waals surface area contributed by atoms with E-state index in [-0.39, 0.29) is 17.4 Å². The predicted molar refractivity (Wildman–Crippen MR) is 162 cm³/mol. The number of hydrogen-bond acceptors (Lipinski definition) is 4. The second-order valence-electron chi connectivity index (χ2n) is 8.25. The van der Waals surface area contributed by atoms with Gasteiger partial charge in [-0.05, 0) is 107 Å². The summed E-state index contributed by atoms with van der Waals surface area (Å²) in [5, 5.41) is 8.28. The van der Waals surface area contributed by atoms with Crippen LogP contribution < -0.4 is 16.0 Å². The third-order valence-corrected chi connectivity index (χ3v) is 7.05. The maximum Gasteiger partial charge on any atom is 0.272 e. The Labute approximate surface area is 243 Å². The molecule has 0 fully saturated rings. The van der Waals surface area contributed by atoms with Crippen LogP contribution in [0.2, 0.25) is 0 Å². The zero-order valence-electron chi connectivity index (χ0n) is 20.5. The SMILES string of the molecule is O=C(CSc1ccc(NC(=O)/C(=C/c2ccc(F)cc2)NC(=O)c2ccccc2)cc1)Nc1ccc(I)cc1. The Morgan fingerprint density at radius 1 is 0.769 bits per heavy atom. The molecule has 0 bridgehead atoms. The molecule has 3 N–H and O–H groups in total. The molecule has 0 aromatic heterocycles. The largest absolute Gasteiger partial charge is 0.325 e. The molecule has 0 aliphatic carbocycles. The number of benzene rings is 4. The molecule has 9 heteroatoms. The molecule has 0 radical (unpaired) electrons. The van der Waals surface area contributed by atoms with E-state index in [2.05, 4.69) is 38.5 Å². The molecule has 0 saturated carbocycles. The van der Waals surface area contributed by atoms with Crippen molar-refractivity contribution in [1.29, 1.82) is 0 Å². The molecule has 0 saturated heterocycles. The van der Waals surface area contributed by atoms with Gasteiger partial charge in [-0.15, -0.1) is 11.8 Å². The number of anilines is 2. The fourth-order valence-corrected chi connectivity index (χ4v) is 4.44. The highest BCUT2D eigenvalue weighted by Crippen LogP contribution is 2.21. The summed E-state index contributed by atoms with van der Waals surface area (Å²) in [6.45, 7) is 0. The summed E-state index contributed by atoms with van der Waals surface area (Å²) in [7, 11) is 0. The van der Waals surface area contributed by atoms with Crippen LogP contribution in [-0.2, 0) is 9.59 Å². The van der Waals surface area contributed by atoms with Crippen molar-refractivity contribution in [3.8, 4) is 0 Å². The quantitative estimate of drug-likeness (QED) is 0.109. The molecule has 196 valence electrons. The van der Waals surface area contributed by atoms with E-state index in [0.29, 0.717) is 16.8 Å². The van der Waals surface area contributed by atoms with Crippen LogP contribution in [0.15, 0.2) is 114 Å². The molecule has 0 atom stereocenters. The number of nitrogens with one attached hydrogen (secondary N) is 3. The number of hydrogen-bond donors (Lipinski definition) is 3. The zero-order valence-corrected chi connectivity index (χ0v) is 23.5. The Hall–Kier alpha value is -3.96. The summed E-state index contributed by atoms with van der Waals surface area (Å²) in [4.78, 5) is 39.0. The highest BCUT2D eigenvalue weighted by atomic mass is 127. The average Bonchev–Trinajstić information content (AvgIpc) is 2.95. The van der Waals surface area contributed by atoms with Gasteiger partial charge in [0.1, 0.15) is 11.5 Å². The molecule has 4 aromatic rings. The van der Waals surface area contributed by atoms with Gasteiger partial charge in [-0.25, -0.2) is 4.39 Å². The minimum Gasteiger partial charge on any atom is -0.325 e. The minimum absolute atomic E-state index is 0.00110. The van der Waals surface area contributed by atoms with Gasteiger partial charge < -0.3 is 16.0 Å². The Kier molecular flexibility index (Phi) is 9.87. The molecule has 0 spiro atoms. The number of halogens is 2. The number of carbonyl (C=O) groups is 3. The van der Waals surface area contributed by atoms with Crippen molar-refractivity contribution in [2.24, 2.45) is 0 Å². The lowest BCUT2D eigenvalue weighted by Gasteiger charge is -2.12. The fraction of sp³-hybridized carbons (Fsp3) is 0.0333. The predicted octanol–water partition coefficient (Wildman–Crippen LogP) is 6.57. The highest BCUT2D eigenvalue weighted by Gasteiger charge is 2.15. The Morgan fingerprint density at radius 2 is 1.38 bits per heavy atom. The van der Waals surface area contributed by atoms with Crippen LogP contribution in [0.3, 0.4) is 0 Å². The Bertz CT molecular complexity index is 1480. The number of amides is 3. The topological polar surface area (TPSA) is 87.3 Å². The van der Waals surface area contributed by atoms with Gasteiger partial charge in [0.15, 0.2) is 0 Å². The van der Waals surface area contributed by atoms with E-state index < -0.39 is 17.6 Å². The van der Waals surface area contributed by atoms with E-state index >= 15 is 0 Å². The second kappa shape index (κ2) is 13.7. The molecule has 0 unspecified atom stereocenters. The van der Waals surface area contributed by atoms with Crippen molar-refractivity contribution >= 4 is 69.5 Å². The Morgan fingerprint density at radius 3 is 2.05 bits per heavy atom. The van der Waals surface area contributed by atoms with Crippen LogP contribution in [0.25, 0.3) is 6.08 Å². The molecule has 39 heavy (non-hydrogen) atoms. The van der Waals surface area contributed by atoms with E-state index in [4.69, 9.17) is 0 Å². The van der Waals surface area contributed by atoms with Crippen molar-refractivity contribution in [1.82, 2.24) is 5.32 Å². The normalized spacial score (nSPS) is 11.0. The molecule has 4 rings (SSSR count). The first kappa shape index (κ1) is 28.1. The van der Waals surface area contributed by atoms with Crippen LogP contribution in [0.1, 0.15) is 15.9 Å². The molecule has 6 nitrogen and oxygen atoms in total. The van der Waals surface area contributed by atoms with Crippen molar-refractivity contribution in [3.05, 3.63) is 129 Å². The van der Waals surface area contributed by atoms with E-state index in [1.54, 1.807) is 54.6 Å². The van der Waals surface area contributed by atoms with Crippen molar-refractivity contribution < 1.29 is 18.8 Å². The molecular formula is C30H23FIN3O3S. The van der Waals surface area contributed by atoms with Gasteiger partial charge in [0, 0.05) is 25.4 Å². The summed E-state index contributed by atoms with van der Waals surface area (Å²) < 4.78 is 14.4. The molecule has 0 aliphatic rings. The number of thioether (sulfide) groups is 1. The summed E-state index contributed by atoms with van der Waals surface area (Å²) in [6.07, 6.45) is 1.48. The first-order valence-corrected chi connectivity index (χ1v) is 13.9. The number of rotatable bonds is 9. The summed E-state index contributed by atoms with van der Waals surface area (Å²) in [5.74, 6) is -1.29. The first-order valence-electron chi connectivity index (χ1n) is 11.8. The van der Waals surface area contributed by atoms with Gasteiger partial charge in [0.2, 0.25) is 5.91 Å². The van der Waals surface area contributed by atoms with Crippen LogP contribution in [0.4, 0.5) is 15.8 Å². The van der Waals surface area contributed by atoms with Gasteiger partial charge >= 0.3 is 0 Å². The van der Waals surface area contributed by atoms with Crippen molar-refractivity contribution in [2.75, 3.05) is 16.4 Å². The molecular weight excluding hydrogens is 628 g/mol. The zero-order chi connectivity index (χ0) is 27.6. The smallest absolute Gasteiger partial charge is 0.272 e. The fourth-order valence-electron chi connectivity index (χ4n) is 3.38. The van der Waals surface area contributed by atoms with Gasteiger partial charge in [0.25, 0.3) is 11.8 Å². The first-order chi connectivity index (χ1) is 18.9. The van der Waals surface area contributed by atoms with Gasteiger partial charge in [0.05, 0.1) is 5.75 Å². The second-order valence-corrected chi connectivity index (χ2v) is 10.5. The van der Waals surface area contributed by atoms with Gasteiger partial charge in [-0.2, -0.15) is 0 Å². The number of carbonyl (C=O) groups excluding carboxylic acids is 3. The van der Waals surface area contributed by atoms with E-state index in [1.165, 1.54) is 42.1 Å². The summed E-state index contributed by atoms with van der Waals surface area (Å²) in [6, 6.07) is 28.7. The minimum atomic E-state index is -0.541. The third-order valence-electron chi connectivity index (χ3n) is 5.32. The van der Waals surface area contributed by atoms with Gasteiger partial charge in [-0.1, -0.05) is 30.3 Å². The van der Waals surface area contributed by atoms with Crippen LogP contribution in [-0.4, -0.2) is 23.5 Å². The molecule has 3 amide bonds.